The third-order valence-electron chi connectivity index (χ3n) is 3.63. The molecule has 1 aromatic carbocycles. The fourth-order valence-corrected chi connectivity index (χ4v) is 2.42. The molecule has 0 radical (unpaired) electrons. The Hall–Kier alpha value is -2.09. The second-order valence-corrected chi connectivity index (χ2v) is 5.39. The number of halogens is 3. The average molecular weight is 312 g/mol. The molecule has 1 aliphatic carbocycles. The number of aromatic nitrogens is 3. The molecule has 2 aromatic rings. The SMILES string of the molecule is Cn1cc(CNC2(c3cccc(OC(F)(F)F)c3)CC2)nn1. The molecule has 1 fully saturated rings. The van der Waals surface area contributed by atoms with Crippen LogP contribution in [0.2, 0.25) is 0 Å². The van der Waals surface area contributed by atoms with Crippen molar-refractivity contribution in [1.82, 2.24) is 20.3 Å². The Balaban J connectivity index is 1.71. The summed E-state index contributed by atoms with van der Waals surface area (Å²) in [7, 11) is 1.78. The van der Waals surface area contributed by atoms with Crippen LogP contribution in [0.4, 0.5) is 13.2 Å². The molecule has 118 valence electrons. The molecule has 0 atom stereocenters. The topological polar surface area (TPSA) is 52.0 Å². The molecule has 0 unspecified atom stereocenters. The first-order valence-corrected chi connectivity index (χ1v) is 6.83. The van der Waals surface area contributed by atoms with Gasteiger partial charge in [0, 0.05) is 25.3 Å². The number of benzene rings is 1. The minimum Gasteiger partial charge on any atom is -0.406 e. The number of hydrogen-bond acceptors (Lipinski definition) is 4. The third kappa shape index (κ3) is 3.38. The molecule has 0 spiro atoms. The van der Waals surface area contributed by atoms with Crippen LogP contribution < -0.4 is 10.1 Å². The van der Waals surface area contributed by atoms with E-state index in [1.54, 1.807) is 30.1 Å². The van der Waals surface area contributed by atoms with Gasteiger partial charge in [0.2, 0.25) is 0 Å². The summed E-state index contributed by atoms with van der Waals surface area (Å²) < 4.78 is 42.5. The van der Waals surface area contributed by atoms with Gasteiger partial charge in [0.25, 0.3) is 0 Å². The van der Waals surface area contributed by atoms with Crippen LogP contribution in [0.15, 0.2) is 30.5 Å². The molecule has 22 heavy (non-hydrogen) atoms. The molecule has 0 bridgehead atoms. The van der Waals surface area contributed by atoms with Gasteiger partial charge >= 0.3 is 6.36 Å². The molecule has 0 saturated heterocycles. The summed E-state index contributed by atoms with van der Waals surface area (Å²) in [5.41, 5.74) is 1.28. The van der Waals surface area contributed by atoms with Crippen molar-refractivity contribution < 1.29 is 17.9 Å². The van der Waals surface area contributed by atoms with E-state index in [0.29, 0.717) is 6.54 Å². The van der Waals surface area contributed by atoms with E-state index in [1.807, 2.05) is 0 Å². The van der Waals surface area contributed by atoms with Gasteiger partial charge in [-0.25, -0.2) is 0 Å². The molecule has 1 saturated carbocycles. The van der Waals surface area contributed by atoms with E-state index in [4.69, 9.17) is 0 Å². The molecule has 1 aromatic heterocycles. The van der Waals surface area contributed by atoms with Crippen molar-refractivity contribution in [2.45, 2.75) is 31.3 Å². The minimum atomic E-state index is -4.68. The lowest BCUT2D eigenvalue weighted by Crippen LogP contribution is -2.28. The van der Waals surface area contributed by atoms with Crippen LogP contribution in [-0.4, -0.2) is 21.4 Å². The standard InChI is InChI=1S/C14H15F3N4O/c1-21-9-11(19-20-21)8-18-13(5-6-13)10-3-2-4-12(7-10)22-14(15,16)17/h2-4,7,9,18H,5-6,8H2,1H3. The average Bonchev–Trinajstić information content (AvgIpc) is 3.12. The lowest BCUT2D eigenvalue weighted by molar-refractivity contribution is -0.274. The van der Waals surface area contributed by atoms with Crippen molar-refractivity contribution in [3.05, 3.63) is 41.7 Å². The number of rotatable bonds is 5. The molecule has 1 N–H and O–H groups in total. The van der Waals surface area contributed by atoms with Gasteiger partial charge in [0.15, 0.2) is 0 Å². The molecule has 0 amide bonds. The Kier molecular flexibility index (Phi) is 3.56. The molecule has 3 rings (SSSR count). The van der Waals surface area contributed by atoms with Gasteiger partial charge in [-0.1, -0.05) is 17.3 Å². The summed E-state index contributed by atoms with van der Waals surface area (Å²) in [4.78, 5) is 0. The Morgan fingerprint density at radius 1 is 1.36 bits per heavy atom. The van der Waals surface area contributed by atoms with Crippen LogP contribution in [-0.2, 0) is 19.1 Å². The Morgan fingerprint density at radius 3 is 2.73 bits per heavy atom. The maximum atomic E-state index is 12.3. The van der Waals surface area contributed by atoms with E-state index in [1.165, 1.54) is 12.1 Å². The molecular weight excluding hydrogens is 297 g/mol. The molecule has 1 heterocycles. The maximum absolute atomic E-state index is 12.3. The quantitative estimate of drug-likeness (QED) is 0.921. The van der Waals surface area contributed by atoms with Crippen LogP contribution in [0, 0.1) is 0 Å². The zero-order valence-electron chi connectivity index (χ0n) is 11.9. The summed E-state index contributed by atoms with van der Waals surface area (Å²) in [5, 5.41) is 11.2. The minimum absolute atomic E-state index is 0.197. The summed E-state index contributed by atoms with van der Waals surface area (Å²) in [6.07, 6.45) is -1.15. The Labute approximate surface area is 125 Å². The number of aryl methyl sites for hydroxylation is 1. The largest absolute Gasteiger partial charge is 0.573 e. The second-order valence-electron chi connectivity index (χ2n) is 5.39. The highest BCUT2D eigenvalue weighted by molar-refractivity contribution is 5.37. The first-order chi connectivity index (χ1) is 10.4. The highest BCUT2D eigenvalue weighted by atomic mass is 19.4. The third-order valence-corrected chi connectivity index (χ3v) is 3.63. The highest BCUT2D eigenvalue weighted by Crippen LogP contribution is 2.46. The predicted octanol–water partition coefficient (Wildman–Crippen LogP) is 2.49. The van der Waals surface area contributed by atoms with Crippen LogP contribution in [0.1, 0.15) is 24.1 Å². The van der Waals surface area contributed by atoms with Gasteiger partial charge in [-0.2, -0.15) is 0 Å². The van der Waals surface area contributed by atoms with Crippen molar-refractivity contribution in [3.63, 3.8) is 0 Å². The summed E-state index contributed by atoms with van der Waals surface area (Å²) >= 11 is 0. The zero-order valence-corrected chi connectivity index (χ0v) is 11.9. The molecule has 8 heteroatoms. The molecule has 1 aliphatic rings. The molecule has 0 aliphatic heterocycles. The van der Waals surface area contributed by atoms with Gasteiger partial charge in [0.1, 0.15) is 5.75 Å². The van der Waals surface area contributed by atoms with E-state index in [-0.39, 0.29) is 11.3 Å². The number of alkyl halides is 3. The van der Waals surface area contributed by atoms with E-state index in [2.05, 4.69) is 20.4 Å². The maximum Gasteiger partial charge on any atom is 0.573 e. The number of ether oxygens (including phenoxy) is 1. The van der Waals surface area contributed by atoms with Crippen molar-refractivity contribution >= 4 is 0 Å². The Bertz CT molecular complexity index is 664. The predicted molar refractivity (Wildman–Crippen MR) is 71.9 cm³/mol. The van der Waals surface area contributed by atoms with Crippen LogP contribution in [0.5, 0.6) is 5.75 Å². The lowest BCUT2D eigenvalue weighted by Gasteiger charge is -2.18. The normalized spacial score (nSPS) is 16.5. The van der Waals surface area contributed by atoms with Crippen LogP contribution in [0.25, 0.3) is 0 Å². The van der Waals surface area contributed by atoms with Crippen molar-refractivity contribution in [1.29, 1.82) is 0 Å². The lowest BCUT2D eigenvalue weighted by atomic mass is 10.0. The van der Waals surface area contributed by atoms with Gasteiger partial charge < -0.3 is 10.1 Å². The monoisotopic (exact) mass is 312 g/mol. The fourth-order valence-electron chi connectivity index (χ4n) is 2.42. The van der Waals surface area contributed by atoms with Crippen molar-refractivity contribution in [3.8, 4) is 5.75 Å². The van der Waals surface area contributed by atoms with Crippen LogP contribution >= 0.6 is 0 Å². The highest BCUT2D eigenvalue weighted by Gasteiger charge is 2.44. The van der Waals surface area contributed by atoms with E-state index < -0.39 is 6.36 Å². The Morgan fingerprint density at radius 2 is 2.14 bits per heavy atom. The number of nitrogens with zero attached hydrogens (tertiary/aromatic N) is 3. The van der Waals surface area contributed by atoms with Crippen molar-refractivity contribution in [2.24, 2.45) is 7.05 Å². The molecule has 5 nitrogen and oxygen atoms in total. The first kappa shape index (κ1) is 14.8. The van der Waals surface area contributed by atoms with E-state index in [9.17, 15) is 13.2 Å². The van der Waals surface area contributed by atoms with Gasteiger partial charge in [0.05, 0.1) is 5.69 Å². The first-order valence-electron chi connectivity index (χ1n) is 6.83. The van der Waals surface area contributed by atoms with E-state index >= 15 is 0 Å². The zero-order chi connectivity index (χ0) is 15.8. The fraction of sp³-hybridized carbons (Fsp3) is 0.429. The molecular formula is C14H15F3N4O. The number of hydrogen-bond donors (Lipinski definition) is 1. The second kappa shape index (κ2) is 5.28. The van der Waals surface area contributed by atoms with E-state index in [0.717, 1.165) is 24.1 Å². The summed E-state index contributed by atoms with van der Waals surface area (Å²) in [6, 6.07) is 6.11. The summed E-state index contributed by atoms with van der Waals surface area (Å²) in [5.74, 6) is -0.197. The van der Waals surface area contributed by atoms with Crippen LogP contribution in [0.3, 0.4) is 0 Å². The number of nitrogens with one attached hydrogen (secondary N) is 1. The summed E-state index contributed by atoms with van der Waals surface area (Å²) in [6.45, 7) is 0.512. The smallest absolute Gasteiger partial charge is 0.406 e. The van der Waals surface area contributed by atoms with Gasteiger partial charge in [-0.3, -0.25) is 4.68 Å². The van der Waals surface area contributed by atoms with Gasteiger partial charge in [-0.15, -0.1) is 18.3 Å². The van der Waals surface area contributed by atoms with Gasteiger partial charge in [-0.05, 0) is 30.5 Å². The van der Waals surface area contributed by atoms with Crippen molar-refractivity contribution in [2.75, 3.05) is 0 Å².